The van der Waals surface area contributed by atoms with Crippen molar-refractivity contribution >= 4 is 28.7 Å². The van der Waals surface area contributed by atoms with Gasteiger partial charge >= 0.3 is 0 Å². The number of hydrogen-bond donors (Lipinski definition) is 5. The van der Waals surface area contributed by atoms with Gasteiger partial charge in [-0.1, -0.05) is 12.2 Å². The summed E-state index contributed by atoms with van der Waals surface area (Å²) in [5, 5.41) is 15.6. The molecule has 0 radical (unpaired) electrons. The summed E-state index contributed by atoms with van der Waals surface area (Å²) in [5.41, 5.74) is 20.3. The van der Waals surface area contributed by atoms with E-state index in [9.17, 15) is 10.1 Å². The predicted octanol–water partition coefficient (Wildman–Crippen LogP) is 2.06. The molecule has 1 amide bonds. The van der Waals surface area contributed by atoms with Gasteiger partial charge in [-0.2, -0.15) is 5.26 Å². The molecule has 0 bridgehead atoms. The number of nitrogens with two attached hydrogens (primary N) is 3. The first-order chi connectivity index (χ1) is 14.5. The number of hydrogen-bond acceptors (Lipinski definition) is 8. The van der Waals surface area contributed by atoms with E-state index in [2.05, 4.69) is 16.7 Å². The molecule has 0 spiro atoms. The van der Waals surface area contributed by atoms with Crippen molar-refractivity contribution in [2.75, 3.05) is 48.4 Å². The zero-order valence-electron chi connectivity index (χ0n) is 16.4. The fraction of sp³-hybridized carbons (Fsp3) is 0.238. The van der Waals surface area contributed by atoms with Crippen LogP contribution in [0, 0.1) is 11.3 Å². The van der Waals surface area contributed by atoms with Crippen LogP contribution in [0.25, 0.3) is 0 Å². The molecule has 1 aliphatic heterocycles. The Morgan fingerprint density at radius 3 is 2.07 bits per heavy atom. The molecule has 0 saturated heterocycles. The Kier molecular flexibility index (Phi) is 6.49. The number of nitrogens with zero attached hydrogens (tertiary/aromatic N) is 1. The summed E-state index contributed by atoms with van der Waals surface area (Å²) in [6, 6.07) is 8.42. The molecule has 8 N–H and O–H groups in total. The van der Waals surface area contributed by atoms with E-state index in [0.29, 0.717) is 72.5 Å². The van der Waals surface area contributed by atoms with E-state index in [1.165, 1.54) is 6.07 Å². The summed E-state index contributed by atoms with van der Waals surface area (Å²) >= 11 is 0. The van der Waals surface area contributed by atoms with Gasteiger partial charge < -0.3 is 37.3 Å². The second kappa shape index (κ2) is 9.43. The molecule has 0 fully saturated rings. The van der Waals surface area contributed by atoms with Crippen LogP contribution >= 0.6 is 0 Å². The zero-order chi connectivity index (χ0) is 21.5. The number of amides is 1. The molecule has 9 heteroatoms. The standard InChI is InChI=1S/C21H24N6O3/c22-12-13-8-15(23)19-17(9-13)29-6-3-7-30-18-11-14(21(25)28)10-16(24)20(18)27-5-2-1-4-26-19/h1-2,8-11,26-27H,3-7,23-24H2,(H2,25,28)/b2-1+. The smallest absolute Gasteiger partial charge is 0.248 e. The summed E-state index contributed by atoms with van der Waals surface area (Å²) in [5.74, 6) is 0.371. The minimum Gasteiger partial charge on any atom is -0.491 e. The van der Waals surface area contributed by atoms with Crippen molar-refractivity contribution in [3.05, 3.63) is 47.5 Å². The number of carbonyl (C=O) groups is 1. The lowest BCUT2D eigenvalue weighted by Crippen LogP contribution is -2.14. The first-order valence-electron chi connectivity index (χ1n) is 9.45. The number of anilines is 4. The average molecular weight is 408 g/mol. The predicted molar refractivity (Wildman–Crippen MR) is 117 cm³/mol. The number of primary amides is 1. The topological polar surface area (TPSA) is 161 Å². The number of carbonyl (C=O) groups excluding carboxylic acids is 1. The normalized spacial score (nSPS) is 15.2. The van der Waals surface area contributed by atoms with E-state index in [1.807, 2.05) is 12.2 Å². The molecule has 3 rings (SSSR count). The van der Waals surface area contributed by atoms with Gasteiger partial charge in [0.05, 0.1) is 36.2 Å². The molecule has 0 unspecified atom stereocenters. The van der Waals surface area contributed by atoms with Crippen LogP contribution in [0.5, 0.6) is 11.5 Å². The summed E-state index contributed by atoms with van der Waals surface area (Å²) in [6.45, 7) is 1.66. The van der Waals surface area contributed by atoms with Crippen LogP contribution in [0.3, 0.4) is 0 Å². The third-order valence-electron chi connectivity index (χ3n) is 4.44. The molecular formula is C21H24N6O3. The van der Waals surface area contributed by atoms with Crippen LogP contribution in [0.15, 0.2) is 36.4 Å². The molecule has 1 aliphatic rings. The number of nitriles is 1. The number of rotatable bonds is 1. The highest BCUT2D eigenvalue weighted by Gasteiger charge is 2.14. The Hall–Kier alpha value is -4.06. The van der Waals surface area contributed by atoms with E-state index in [1.54, 1.807) is 18.2 Å². The van der Waals surface area contributed by atoms with Gasteiger partial charge in [0.15, 0.2) is 0 Å². The number of nitrogen functional groups attached to an aromatic ring is 2. The molecule has 9 nitrogen and oxygen atoms in total. The summed E-state index contributed by atoms with van der Waals surface area (Å²) < 4.78 is 11.7. The van der Waals surface area contributed by atoms with E-state index < -0.39 is 5.91 Å². The van der Waals surface area contributed by atoms with E-state index in [0.717, 1.165) is 0 Å². The zero-order valence-corrected chi connectivity index (χ0v) is 16.4. The molecule has 30 heavy (non-hydrogen) atoms. The molecule has 2 aromatic carbocycles. The first-order valence-corrected chi connectivity index (χ1v) is 9.45. The molecule has 2 aromatic rings. The van der Waals surface area contributed by atoms with Crippen LogP contribution in [0.1, 0.15) is 22.3 Å². The van der Waals surface area contributed by atoms with Crippen molar-refractivity contribution in [1.82, 2.24) is 0 Å². The lowest BCUT2D eigenvalue weighted by Gasteiger charge is -2.16. The van der Waals surface area contributed by atoms with Gasteiger partial charge in [-0.25, -0.2) is 0 Å². The van der Waals surface area contributed by atoms with Crippen molar-refractivity contribution in [2.24, 2.45) is 5.73 Å². The quantitative estimate of drug-likeness (QED) is 0.354. The highest BCUT2D eigenvalue weighted by Crippen LogP contribution is 2.34. The van der Waals surface area contributed by atoms with Crippen molar-refractivity contribution in [2.45, 2.75) is 6.42 Å². The molecule has 156 valence electrons. The lowest BCUT2D eigenvalue weighted by atomic mass is 10.1. The SMILES string of the molecule is N#Cc1cc(N)c2c(c1)OCCCOc1cc(C(N)=O)cc(N)c1NC/C=C/CN2. The second-order valence-corrected chi connectivity index (χ2v) is 6.64. The Balaban J connectivity index is 1.84. The first kappa shape index (κ1) is 20.7. The van der Waals surface area contributed by atoms with Crippen molar-refractivity contribution < 1.29 is 14.3 Å². The van der Waals surface area contributed by atoms with E-state index in [-0.39, 0.29) is 5.56 Å². The molecule has 0 saturated carbocycles. The maximum absolute atomic E-state index is 11.6. The van der Waals surface area contributed by atoms with Gasteiger partial charge in [-0.05, 0) is 18.2 Å². The van der Waals surface area contributed by atoms with Crippen LogP contribution in [0.2, 0.25) is 0 Å². The molecule has 0 aromatic heterocycles. The monoisotopic (exact) mass is 408 g/mol. The maximum Gasteiger partial charge on any atom is 0.248 e. The Bertz CT molecular complexity index is 1010. The highest BCUT2D eigenvalue weighted by molar-refractivity contribution is 5.96. The van der Waals surface area contributed by atoms with Gasteiger partial charge in [0.1, 0.15) is 22.9 Å². The number of fused-ring (bicyclic) bond motifs is 2. The van der Waals surface area contributed by atoms with E-state index >= 15 is 0 Å². The summed E-state index contributed by atoms with van der Waals surface area (Å²) in [6.07, 6.45) is 4.38. The Labute approximate surface area is 174 Å². The minimum absolute atomic E-state index is 0.274. The number of nitrogens with one attached hydrogen (secondary N) is 2. The molecule has 0 aliphatic carbocycles. The molecular weight excluding hydrogens is 384 g/mol. The lowest BCUT2D eigenvalue weighted by molar-refractivity contribution is 0.1000. The van der Waals surface area contributed by atoms with Crippen LogP contribution in [0.4, 0.5) is 22.7 Å². The van der Waals surface area contributed by atoms with Gasteiger partial charge in [0.2, 0.25) is 5.91 Å². The van der Waals surface area contributed by atoms with Crippen LogP contribution < -0.4 is 37.3 Å². The van der Waals surface area contributed by atoms with Gasteiger partial charge in [0, 0.05) is 31.1 Å². The van der Waals surface area contributed by atoms with Crippen molar-refractivity contribution in [3.8, 4) is 17.6 Å². The highest BCUT2D eigenvalue weighted by atomic mass is 16.5. The Morgan fingerprint density at radius 2 is 1.50 bits per heavy atom. The average Bonchev–Trinajstić information content (AvgIpc) is 2.72. The largest absolute Gasteiger partial charge is 0.491 e. The fourth-order valence-corrected chi connectivity index (χ4v) is 3.00. The van der Waals surface area contributed by atoms with Gasteiger partial charge in [0.25, 0.3) is 0 Å². The molecule has 1 heterocycles. The third kappa shape index (κ3) is 4.86. The maximum atomic E-state index is 11.6. The second-order valence-electron chi connectivity index (χ2n) is 6.64. The van der Waals surface area contributed by atoms with Gasteiger partial charge in [-0.15, -0.1) is 0 Å². The Morgan fingerprint density at radius 1 is 0.933 bits per heavy atom. The fourth-order valence-electron chi connectivity index (χ4n) is 3.00. The summed E-state index contributed by atoms with van der Waals surface area (Å²) in [7, 11) is 0. The summed E-state index contributed by atoms with van der Waals surface area (Å²) in [4.78, 5) is 11.6. The molecule has 0 atom stereocenters. The van der Waals surface area contributed by atoms with Crippen LogP contribution in [-0.4, -0.2) is 32.2 Å². The number of ether oxygens (including phenoxy) is 2. The van der Waals surface area contributed by atoms with Crippen LogP contribution in [-0.2, 0) is 0 Å². The van der Waals surface area contributed by atoms with Crippen molar-refractivity contribution in [3.63, 3.8) is 0 Å². The number of benzene rings is 2. The van der Waals surface area contributed by atoms with Crippen molar-refractivity contribution in [1.29, 1.82) is 5.26 Å². The van der Waals surface area contributed by atoms with Gasteiger partial charge in [-0.3, -0.25) is 4.79 Å². The minimum atomic E-state index is -0.583. The third-order valence-corrected chi connectivity index (χ3v) is 4.44. The van der Waals surface area contributed by atoms with E-state index in [4.69, 9.17) is 26.7 Å².